The summed E-state index contributed by atoms with van der Waals surface area (Å²) >= 11 is 3.70. The molecule has 0 aromatic heterocycles. The molecular weight excluding hydrogens is 283 g/mol. The van der Waals surface area contributed by atoms with E-state index in [4.69, 9.17) is 0 Å². The third-order valence-corrected chi connectivity index (χ3v) is 34.6. The van der Waals surface area contributed by atoms with E-state index in [0.29, 0.717) is 3.18 Å². The Morgan fingerprint density at radius 2 is 0.714 bits per heavy atom. The second kappa shape index (κ2) is 3.88. The van der Waals surface area contributed by atoms with Crippen molar-refractivity contribution in [3.8, 4) is 0 Å². The van der Waals surface area contributed by atoms with Crippen LogP contribution < -0.4 is 0 Å². The van der Waals surface area contributed by atoms with Gasteiger partial charge in [-0.2, -0.15) is 0 Å². The second-order valence-electron chi connectivity index (χ2n) is 7.43. The van der Waals surface area contributed by atoms with E-state index in [-0.39, 0.29) is 0 Å². The van der Waals surface area contributed by atoms with Gasteiger partial charge in [0.2, 0.25) is 0 Å². The molecule has 1 radical (unpaired) electrons. The maximum absolute atomic E-state index is 3.70. The Balaban J connectivity index is 5.54. The van der Waals surface area contributed by atoms with Gasteiger partial charge in [0.1, 0.15) is 0 Å². The summed E-state index contributed by atoms with van der Waals surface area (Å²) < 4.78 is 0.604. The normalized spacial score (nSPS) is 15.9. The standard InChI is InChI=1S/C10H27SeSi3/c1-12(2,3)10(11,13(4,5)6)14(7,8)9/h1-9H3. The number of rotatable bonds is 3. The van der Waals surface area contributed by atoms with Crippen LogP contribution in [0.25, 0.3) is 0 Å². The van der Waals surface area contributed by atoms with Crippen molar-refractivity contribution in [2.45, 2.75) is 62.1 Å². The van der Waals surface area contributed by atoms with Crippen LogP contribution in [0.1, 0.15) is 0 Å². The van der Waals surface area contributed by atoms with Gasteiger partial charge in [0, 0.05) is 0 Å². The molecule has 0 spiro atoms. The van der Waals surface area contributed by atoms with E-state index in [2.05, 4.69) is 74.9 Å². The molecule has 0 aromatic carbocycles. The van der Waals surface area contributed by atoms with Crippen LogP contribution in [0.2, 0.25) is 62.1 Å². The molecule has 4 heteroatoms. The van der Waals surface area contributed by atoms with Crippen molar-refractivity contribution in [1.29, 1.82) is 0 Å². The third-order valence-electron chi connectivity index (χ3n) is 3.17. The van der Waals surface area contributed by atoms with Gasteiger partial charge in [-0.25, -0.2) is 0 Å². The van der Waals surface area contributed by atoms with Crippen molar-refractivity contribution in [3.05, 3.63) is 0 Å². The van der Waals surface area contributed by atoms with Crippen LogP contribution in [-0.4, -0.2) is 40.2 Å². The molecule has 0 aliphatic carbocycles. The summed E-state index contributed by atoms with van der Waals surface area (Å²) in [5.74, 6) is 0. The Labute approximate surface area is 102 Å². The Morgan fingerprint density at radius 3 is 0.714 bits per heavy atom. The van der Waals surface area contributed by atoms with E-state index in [0.717, 1.165) is 0 Å². The molecule has 0 amide bonds. The zero-order valence-corrected chi connectivity index (χ0v) is 16.1. The Kier molecular flexibility index (Phi) is 4.20. The van der Waals surface area contributed by atoms with Gasteiger partial charge in [-0.3, -0.25) is 0 Å². The van der Waals surface area contributed by atoms with E-state index in [1.807, 2.05) is 0 Å². The molecule has 0 aromatic rings. The number of hydrogen-bond acceptors (Lipinski definition) is 0. The van der Waals surface area contributed by atoms with Crippen LogP contribution in [0.3, 0.4) is 0 Å². The topological polar surface area (TPSA) is 0 Å². The average Bonchev–Trinajstić information content (AvgIpc) is 1.77. The first kappa shape index (κ1) is 15.2. The summed E-state index contributed by atoms with van der Waals surface area (Å²) in [5, 5.41) is 0. The van der Waals surface area contributed by atoms with Crippen LogP contribution in [0.4, 0.5) is 0 Å². The molecule has 0 aliphatic rings. The van der Waals surface area contributed by atoms with Gasteiger partial charge < -0.3 is 0 Å². The van der Waals surface area contributed by atoms with Crippen molar-refractivity contribution < 1.29 is 0 Å². The molecule has 0 bridgehead atoms. The molecule has 0 aliphatic heterocycles. The molecule has 0 heterocycles. The summed E-state index contributed by atoms with van der Waals surface area (Å²) in [6.45, 7) is 22.9. The van der Waals surface area contributed by atoms with Crippen LogP contribution >= 0.6 is 0 Å². The Bertz CT molecular complexity index is 169. The van der Waals surface area contributed by atoms with Gasteiger partial charge in [0.15, 0.2) is 0 Å². The second-order valence-corrected chi connectivity index (χ2v) is 28.4. The minimum atomic E-state index is -1.11. The van der Waals surface area contributed by atoms with Gasteiger partial charge in [0.25, 0.3) is 0 Å². The van der Waals surface area contributed by atoms with Crippen molar-refractivity contribution in [2.24, 2.45) is 0 Å². The predicted octanol–water partition coefficient (Wildman–Crippen LogP) is 3.95. The van der Waals surface area contributed by atoms with Crippen molar-refractivity contribution in [3.63, 3.8) is 0 Å². The van der Waals surface area contributed by atoms with Crippen LogP contribution in [0.5, 0.6) is 0 Å². The first-order chi connectivity index (χ1) is 5.75. The van der Waals surface area contributed by atoms with Gasteiger partial charge >= 0.3 is 102 Å². The summed E-state index contributed by atoms with van der Waals surface area (Å²) in [5.41, 5.74) is 0. The van der Waals surface area contributed by atoms with Gasteiger partial charge in [-0.15, -0.1) is 0 Å². The molecule has 0 unspecified atom stereocenters. The van der Waals surface area contributed by atoms with Crippen molar-refractivity contribution >= 4 is 40.2 Å². The molecule has 0 rings (SSSR count). The molecule has 0 nitrogen and oxygen atoms in total. The van der Waals surface area contributed by atoms with E-state index in [9.17, 15) is 0 Å². The SMILES string of the molecule is C[Si](C)(C)C([Se])([Si](C)(C)C)[Si](C)(C)C. The Hall–Kier alpha value is 1.17. The Morgan fingerprint density at radius 1 is 0.571 bits per heavy atom. The first-order valence-electron chi connectivity index (χ1n) is 5.45. The predicted molar refractivity (Wildman–Crippen MR) is 78.5 cm³/mol. The van der Waals surface area contributed by atoms with Crippen LogP contribution in [0.15, 0.2) is 0 Å². The molecule has 14 heavy (non-hydrogen) atoms. The fourth-order valence-electron chi connectivity index (χ4n) is 3.38. The molecule has 0 saturated heterocycles. The summed E-state index contributed by atoms with van der Waals surface area (Å²) in [7, 11) is -3.34. The molecule has 85 valence electrons. The molecule has 0 N–H and O–H groups in total. The zero-order valence-electron chi connectivity index (χ0n) is 11.4. The van der Waals surface area contributed by atoms with Gasteiger partial charge in [-0.1, -0.05) is 0 Å². The average molecular weight is 311 g/mol. The van der Waals surface area contributed by atoms with Crippen LogP contribution in [0, 0.1) is 0 Å². The summed E-state index contributed by atoms with van der Waals surface area (Å²) in [6, 6.07) is 0. The minimum absolute atomic E-state index is 0.604. The first-order valence-corrected chi connectivity index (χ1v) is 16.8. The zero-order chi connectivity index (χ0) is 12.0. The fourth-order valence-corrected chi connectivity index (χ4v) is 30.4. The van der Waals surface area contributed by atoms with E-state index in [1.54, 1.807) is 0 Å². The maximum atomic E-state index is 3.70. The summed E-state index contributed by atoms with van der Waals surface area (Å²) in [6.07, 6.45) is 0. The molecule has 0 fully saturated rings. The van der Waals surface area contributed by atoms with Crippen molar-refractivity contribution in [2.75, 3.05) is 0 Å². The molecule has 0 saturated carbocycles. The van der Waals surface area contributed by atoms with Crippen LogP contribution in [-0.2, 0) is 0 Å². The van der Waals surface area contributed by atoms with Gasteiger partial charge in [-0.05, 0) is 0 Å². The third kappa shape index (κ3) is 2.46. The fraction of sp³-hybridized carbons (Fsp3) is 1.00. The molecule has 0 atom stereocenters. The summed E-state index contributed by atoms with van der Waals surface area (Å²) in [4.78, 5) is 0. The number of hydrogen-bond donors (Lipinski definition) is 0. The molecular formula is C10H27SeSi3. The quantitative estimate of drug-likeness (QED) is 0.693. The van der Waals surface area contributed by atoms with Gasteiger partial charge in [0.05, 0.1) is 0 Å². The van der Waals surface area contributed by atoms with E-state index in [1.165, 1.54) is 0 Å². The van der Waals surface area contributed by atoms with Crippen molar-refractivity contribution in [1.82, 2.24) is 0 Å². The monoisotopic (exact) mass is 311 g/mol. The van der Waals surface area contributed by atoms with E-state index < -0.39 is 24.2 Å². The van der Waals surface area contributed by atoms with E-state index >= 15 is 0 Å².